The third kappa shape index (κ3) is 4.07. The zero-order valence-electron chi connectivity index (χ0n) is 10.3. The standard InChI is InChI=1S/C8H6FNO2.C6H6O2/c9-6-3-5(1-2-10)4-7(11)8(6)12;7-5-3-1-2-4-6(5)8/h3-4,11-12H,1H2;1-4,7-8H. The van der Waals surface area contributed by atoms with E-state index in [1.165, 1.54) is 12.1 Å². The topological polar surface area (TPSA) is 105 Å². The average Bonchev–Trinajstić information content (AvgIpc) is 2.40. The minimum absolute atomic E-state index is 0.00472. The Bertz CT molecular complexity index is 593. The van der Waals surface area contributed by atoms with Crippen molar-refractivity contribution in [1.82, 2.24) is 0 Å². The van der Waals surface area contributed by atoms with Crippen LogP contribution in [0.1, 0.15) is 5.56 Å². The highest BCUT2D eigenvalue weighted by Crippen LogP contribution is 2.28. The van der Waals surface area contributed by atoms with Gasteiger partial charge in [-0.15, -0.1) is 0 Å². The fraction of sp³-hybridized carbons (Fsp3) is 0.0714. The number of para-hydroxylation sites is 2. The Labute approximate surface area is 114 Å². The smallest absolute Gasteiger partial charge is 0.194 e. The van der Waals surface area contributed by atoms with Gasteiger partial charge in [0.05, 0.1) is 12.5 Å². The number of aromatic hydroxyl groups is 4. The van der Waals surface area contributed by atoms with E-state index in [0.29, 0.717) is 5.56 Å². The first kappa shape index (κ1) is 15.1. The molecule has 0 saturated heterocycles. The van der Waals surface area contributed by atoms with Gasteiger partial charge in [0, 0.05) is 0 Å². The Hall–Kier alpha value is -2.94. The van der Waals surface area contributed by atoms with Crippen LogP contribution < -0.4 is 0 Å². The number of benzene rings is 2. The first-order valence-electron chi connectivity index (χ1n) is 5.50. The van der Waals surface area contributed by atoms with Crippen LogP contribution in [0.25, 0.3) is 0 Å². The van der Waals surface area contributed by atoms with Crippen LogP contribution in [0.3, 0.4) is 0 Å². The molecule has 0 aliphatic rings. The van der Waals surface area contributed by atoms with Crippen molar-refractivity contribution in [3.63, 3.8) is 0 Å². The van der Waals surface area contributed by atoms with E-state index in [-0.39, 0.29) is 17.9 Å². The number of hydrogen-bond donors (Lipinski definition) is 4. The monoisotopic (exact) mass is 277 g/mol. The van der Waals surface area contributed by atoms with E-state index in [0.717, 1.165) is 12.1 Å². The van der Waals surface area contributed by atoms with E-state index in [9.17, 15) is 4.39 Å². The molecular weight excluding hydrogens is 265 g/mol. The van der Waals surface area contributed by atoms with Crippen molar-refractivity contribution >= 4 is 0 Å². The zero-order valence-corrected chi connectivity index (χ0v) is 10.3. The molecule has 20 heavy (non-hydrogen) atoms. The maximum absolute atomic E-state index is 12.6. The SMILES string of the molecule is N#CCc1cc(O)c(O)c(F)c1.Oc1ccccc1O. The lowest BCUT2D eigenvalue weighted by Crippen LogP contribution is -1.85. The molecule has 0 fully saturated rings. The van der Waals surface area contributed by atoms with Crippen LogP contribution in [0.15, 0.2) is 36.4 Å². The lowest BCUT2D eigenvalue weighted by Gasteiger charge is -2.00. The number of rotatable bonds is 1. The molecule has 0 unspecified atom stereocenters. The van der Waals surface area contributed by atoms with Crippen LogP contribution >= 0.6 is 0 Å². The minimum Gasteiger partial charge on any atom is -0.504 e. The fourth-order valence-corrected chi connectivity index (χ4v) is 1.30. The molecule has 5 nitrogen and oxygen atoms in total. The molecule has 2 aromatic carbocycles. The molecule has 0 radical (unpaired) electrons. The summed E-state index contributed by atoms with van der Waals surface area (Å²) in [5, 5.41) is 43.3. The Morgan fingerprint density at radius 3 is 1.90 bits per heavy atom. The van der Waals surface area contributed by atoms with Crippen LogP contribution in [0, 0.1) is 17.1 Å². The first-order valence-corrected chi connectivity index (χ1v) is 5.50. The Balaban J connectivity index is 0.000000217. The number of phenolic OH excluding ortho intramolecular Hbond substituents is 4. The van der Waals surface area contributed by atoms with Crippen LogP contribution in [0.2, 0.25) is 0 Å². The number of nitrogens with zero attached hydrogens (tertiary/aromatic N) is 1. The van der Waals surface area contributed by atoms with Crippen LogP contribution in [0.5, 0.6) is 23.0 Å². The summed E-state index contributed by atoms with van der Waals surface area (Å²) in [4.78, 5) is 0. The normalized spacial score (nSPS) is 9.20. The van der Waals surface area contributed by atoms with E-state index in [4.69, 9.17) is 25.7 Å². The van der Waals surface area contributed by atoms with Gasteiger partial charge in [-0.1, -0.05) is 12.1 Å². The predicted octanol–water partition coefficient (Wildman–Crippen LogP) is 2.40. The van der Waals surface area contributed by atoms with Crippen molar-refractivity contribution < 1.29 is 24.8 Å². The van der Waals surface area contributed by atoms with Gasteiger partial charge in [-0.3, -0.25) is 0 Å². The second-order valence-corrected chi connectivity index (χ2v) is 3.77. The fourth-order valence-electron chi connectivity index (χ4n) is 1.30. The van der Waals surface area contributed by atoms with E-state index < -0.39 is 17.3 Å². The van der Waals surface area contributed by atoms with Gasteiger partial charge in [0.25, 0.3) is 0 Å². The van der Waals surface area contributed by atoms with E-state index >= 15 is 0 Å². The van der Waals surface area contributed by atoms with Crippen LogP contribution in [-0.2, 0) is 6.42 Å². The largest absolute Gasteiger partial charge is 0.504 e. The Kier molecular flexibility index (Phi) is 5.18. The van der Waals surface area contributed by atoms with E-state index in [1.807, 2.05) is 0 Å². The van der Waals surface area contributed by atoms with Gasteiger partial charge in [-0.25, -0.2) is 4.39 Å². The quantitative estimate of drug-likeness (QED) is 0.599. The highest BCUT2D eigenvalue weighted by Gasteiger charge is 2.07. The molecule has 0 aliphatic heterocycles. The molecule has 104 valence electrons. The summed E-state index contributed by atoms with van der Waals surface area (Å²) in [6.45, 7) is 0. The van der Waals surface area contributed by atoms with Crippen molar-refractivity contribution in [2.24, 2.45) is 0 Å². The average molecular weight is 277 g/mol. The Morgan fingerprint density at radius 1 is 0.950 bits per heavy atom. The summed E-state index contributed by atoms with van der Waals surface area (Å²) in [5.74, 6) is -2.39. The molecule has 0 amide bonds. The van der Waals surface area contributed by atoms with Crippen molar-refractivity contribution in [2.45, 2.75) is 6.42 Å². The third-order valence-corrected chi connectivity index (χ3v) is 2.27. The summed E-state index contributed by atoms with van der Waals surface area (Å²) >= 11 is 0. The van der Waals surface area contributed by atoms with Crippen molar-refractivity contribution in [3.05, 3.63) is 47.8 Å². The van der Waals surface area contributed by atoms with Gasteiger partial charge < -0.3 is 20.4 Å². The lowest BCUT2D eigenvalue weighted by molar-refractivity contribution is 0.378. The van der Waals surface area contributed by atoms with Crippen molar-refractivity contribution in [2.75, 3.05) is 0 Å². The number of halogens is 1. The maximum Gasteiger partial charge on any atom is 0.194 e. The van der Waals surface area contributed by atoms with Gasteiger partial charge in [0.1, 0.15) is 0 Å². The third-order valence-electron chi connectivity index (χ3n) is 2.27. The van der Waals surface area contributed by atoms with Crippen LogP contribution in [-0.4, -0.2) is 20.4 Å². The molecule has 0 aliphatic carbocycles. The Morgan fingerprint density at radius 2 is 1.50 bits per heavy atom. The van der Waals surface area contributed by atoms with Gasteiger partial charge in [-0.2, -0.15) is 5.26 Å². The molecule has 2 rings (SSSR count). The molecule has 6 heteroatoms. The summed E-state index contributed by atoms with van der Waals surface area (Å²) in [6.07, 6.45) is 0.00472. The van der Waals surface area contributed by atoms with E-state index in [2.05, 4.69) is 0 Å². The molecule has 4 N–H and O–H groups in total. The summed E-state index contributed by atoms with van der Waals surface area (Å²) in [7, 11) is 0. The highest BCUT2D eigenvalue weighted by atomic mass is 19.1. The number of hydrogen-bond acceptors (Lipinski definition) is 5. The van der Waals surface area contributed by atoms with Crippen LogP contribution in [0.4, 0.5) is 4.39 Å². The molecule has 2 aromatic rings. The van der Waals surface area contributed by atoms with Gasteiger partial charge >= 0.3 is 0 Å². The molecule has 0 atom stereocenters. The number of phenols is 4. The zero-order chi connectivity index (χ0) is 15.1. The van der Waals surface area contributed by atoms with Gasteiger partial charge in [0.2, 0.25) is 0 Å². The summed E-state index contributed by atoms with van der Waals surface area (Å²) in [5.41, 5.74) is 0.338. The number of nitriles is 1. The lowest BCUT2D eigenvalue weighted by atomic mass is 10.1. The second kappa shape index (κ2) is 6.85. The molecular formula is C14H12FNO4. The molecule has 0 bridgehead atoms. The molecule has 0 aromatic heterocycles. The first-order chi connectivity index (χ1) is 9.45. The predicted molar refractivity (Wildman–Crippen MR) is 68.8 cm³/mol. The molecule has 0 saturated carbocycles. The maximum atomic E-state index is 12.6. The molecule has 0 spiro atoms. The van der Waals surface area contributed by atoms with Gasteiger partial charge in [0.15, 0.2) is 28.8 Å². The summed E-state index contributed by atoms with van der Waals surface area (Å²) < 4.78 is 12.6. The highest BCUT2D eigenvalue weighted by molar-refractivity contribution is 5.42. The summed E-state index contributed by atoms with van der Waals surface area (Å²) in [6, 6.07) is 10.1. The van der Waals surface area contributed by atoms with Crippen molar-refractivity contribution in [1.29, 1.82) is 5.26 Å². The van der Waals surface area contributed by atoms with Gasteiger partial charge in [-0.05, 0) is 29.8 Å². The minimum atomic E-state index is -0.916. The van der Waals surface area contributed by atoms with E-state index in [1.54, 1.807) is 18.2 Å². The second-order valence-electron chi connectivity index (χ2n) is 3.77. The molecule has 0 heterocycles. The van der Waals surface area contributed by atoms with Crippen molar-refractivity contribution in [3.8, 4) is 29.1 Å².